The van der Waals surface area contributed by atoms with Crippen molar-refractivity contribution in [2.24, 2.45) is 0 Å². The van der Waals surface area contributed by atoms with Gasteiger partial charge in [0.15, 0.2) is 0 Å². The summed E-state index contributed by atoms with van der Waals surface area (Å²) in [5.74, 6) is -0.494. The fourth-order valence-corrected chi connectivity index (χ4v) is 3.75. The Hall–Kier alpha value is -3.13. The van der Waals surface area contributed by atoms with Crippen LogP contribution in [0.2, 0.25) is 0 Å². The van der Waals surface area contributed by atoms with Crippen LogP contribution >= 0.6 is 0 Å². The van der Waals surface area contributed by atoms with Crippen LogP contribution in [-0.2, 0) is 19.6 Å². The van der Waals surface area contributed by atoms with Crippen LogP contribution in [0.15, 0.2) is 54.7 Å². The summed E-state index contributed by atoms with van der Waals surface area (Å²) in [4.78, 5) is 26.3. The smallest absolute Gasteiger partial charge is 0.229 e. The summed E-state index contributed by atoms with van der Waals surface area (Å²) >= 11 is 0. The summed E-state index contributed by atoms with van der Waals surface area (Å²) in [6, 6.07) is 13.7. The van der Waals surface area contributed by atoms with E-state index in [0.29, 0.717) is 5.69 Å². The molecule has 1 aliphatic rings. The molecule has 1 heterocycles. The Kier molecular flexibility index (Phi) is 5.51. The molecule has 28 heavy (non-hydrogen) atoms. The molecule has 2 aromatic carbocycles. The van der Waals surface area contributed by atoms with E-state index in [1.54, 1.807) is 30.5 Å². The first-order chi connectivity index (χ1) is 13.2. The van der Waals surface area contributed by atoms with E-state index in [1.165, 1.54) is 11.8 Å². The zero-order valence-electron chi connectivity index (χ0n) is 15.5. The van der Waals surface area contributed by atoms with Gasteiger partial charge in [0.25, 0.3) is 0 Å². The van der Waals surface area contributed by atoms with Crippen LogP contribution in [0, 0.1) is 0 Å². The molecule has 2 N–H and O–H groups in total. The highest BCUT2D eigenvalue weighted by Crippen LogP contribution is 2.33. The Morgan fingerprint density at radius 3 is 2.36 bits per heavy atom. The van der Waals surface area contributed by atoms with Crippen molar-refractivity contribution < 1.29 is 18.0 Å². The Morgan fingerprint density at radius 2 is 1.68 bits per heavy atom. The van der Waals surface area contributed by atoms with Crippen molar-refractivity contribution in [1.82, 2.24) is 4.90 Å². The molecule has 1 atom stereocenters. The summed E-state index contributed by atoms with van der Waals surface area (Å²) < 4.78 is 25.5. The molecule has 1 aliphatic heterocycles. The summed E-state index contributed by atoms with van der Waals surface area (Å²) in [6.45, 7) is 1.45. The lowest BCUT2D eigenvalue weighted by molar-refractivity contribution is -0.129. The molecule has 0 bridgehead atoms. The van der Waals surface area contributed by atoms with Gasteiger partial charge in [-0.25, -0.2) is 8.42 Å². The van der Waals surface area contributed by atoms with Crippen LogP contribution in [0.3, 0.4) is 0 Å². The van der Waals surface area contributed by atoms with Crippen molar-refractivity contribution >= 4 is 39.3 Å². The number of fused-ring (bicyclic) bond motifs is 1. The predicted molar refractivity (Wildman–Crippen MR) is 109 cm³/mol. The quantitative estimate of drug-likeness (QED) is 0.808. The second-order valence-corrected chi connectivity index (χ2v) is 8.31. The molecule has 0 saturated carbocycles. The van der Waals surface area contributed by atoms with Crippen molar-refractivity contribution in [2.75, 3.05) is 16.3 Å². The van der Waals surface area contributed by atoms with Gasteiger partial charge in [-0.15, -0.1) is 0 Å². The lowest BCUT2D eigenvalue weighted by Crippen LogP contribution is -2.33. The Morgan fingerprint density at radius 1 is 1.04 bits per heavy atom. The molecular weight excluding hydrogens is 378 g/mol. The van der Waals surface area contributed by atoms with E-state index < -0.39 is 16.1 Å². The standard InChI is InChI=1S/C20H21N3O4S/c1-14(24)23-12-11-15-7-3-4-8-16(15)19(23)13-20(25)21-17-9-5-6-10-18(17)22-28(2,26)27/h3-12,19,22H,13H2,1-2H3,(H,21,25). The van der Waals surface area contributed by atoms with Crippen LogP contribution in [0.1, 0.15) is 30.5 Å². The van der Waals surface area contributed by atoms with Gasteiger partial charge >= 0.3 is 0 Å². The molecule has 0 saturated heterocycles. The van der Waals surface area contributed by atoms with Gasteiger partial charge in [-0.05, 0) is 29.3 Å². The van der Waals surface area contributed by atoms with E-state index in [4.69, 9.17) is 0 Å². The molecule has 0 radical (unpaired) electrons. The summed E-state index contributed by atoms with van der Waals surface area (Å²) in [5, 5.41) is 2.74. The number of carbonyl (C=O) groups is 2. The van der Waals surface area contributed by atoms with Crippen LogP contribution in [0.4, 0.5) is 11.4 Å². The number of amides is 2. The molecule has 2 aromatic rings. The SMILES string of the molecule is CC(=O)N1C=Cc2ccccc2C1CC(=O)Nc1ccccc1NS(C)(=O)=O. The third-order valence-electron chi connectivity index (χ3n) is 4.34. The number of hydrogen-bond acceptors (Lipinski definition) is 4. The van der Waals surface area contributed by atoms with Crippen molar-refractivity contribution in [3.8, 4) is 0 Å². The first kappa shape index (κ1) is 19.6. The molecule has 1 unspecified atom stereocenters. The normalized spacial score (nSPS) is 15.6. The Bertz CT molecular complexity index is 1050. The minimum absolute atomic E-state index is 0.0359. The van der Waals surface area contributed by atoms with E-state index >= 15 is 0 Å². The summed E-state index contributed by atoms with van der Waals surface area (Å²) in [5.41, 5.74) is 2.48. The lowest BCUT2D eigenvalue weighted by atomic mass is 9.93. The maximum absolute atomic E-state index is 12.7. The van der Waals surface area contributed by atoms with Gasteiger partial charge in [0.1, 0.15) is 0 Å². The monoisotopic (exact) mass is 399 g/mol. The highest BCUT2D eigenvalue weighted by atomic mass is 32.2. The molecule has 0 fully saturated rings. The van der Waals surface area contributed by atoms with Crippen LogP contribution in [0.25, 0.3) is 6.08 Å². The highest BCUT2D eigenvalue weighted by Gasteiger charge is 2.28. The van der Waals surface area contributed by atoms with Gasteiger partial charge in [0.05, 0.1) is 30.1 Å². The summed E-state index contributed by atoms with van der Waals surface area (Å²) in [7, 11) is -3.49. The number of carbonyl (C=O) groups excluding carboxylic acids is 2. The first-order valence-corrected chi connectivity index (χ1v) is 10.6. The molecule has 3 rings (SSSR count). The van der Waals surface area contributed by atoms with Gasteiger partial charge in [0.2, 0.25) is 21.8 Å². The van der Waals surface area contributed by atoms with E-state index in [1.807, 2.05) is 30.3 Å². The van der Waals surface area contributed by atoms with Gasteiger partial charge < -0.3 is 10.2 Å². The molecule has 0 spiro atoms. The molecule has 8 heteroatoms. The number of sulfonamides is 1. The maximum atomic E-state index is 12.7. The van der Waals surface area contributed by atoms with Crippen LogP contribution in [0.5, 0.6) is 0 Å². The van der Waals surface area contributed by atoms with Crippen molar-refractivity contribution in [3.05, 3.63) is 65.9 Å². The highest BCUT2D eigenvalue weighted by molar-refractivity contribution is 7.92. The maximum Gasteiger partial charge on any atom is 0.229 e. The largest absolute Gasteiger partial charge is 0.324 e. The number of anilines is 2. The predicted octanol–water partition coefficient (Wildman–Crippen LogP) is 2.96. The van der Waals surface area contributed by atoms with E-state index in [2.05, 4.69) is 10.0 Å². The number of nitrogens with one attached hydrogen (secondary N) is 2. The average molecular weight is 399 g/mol. The fraction of sp³-hybridized carbons (Fsp3) is 0.200. The molecule has 7 nitrogen and oxygen atoms in total. The number of hydrogen-bond donors (Lipinski definition) is 2. The molecular formula is C20H21N3O4S. The lowest BCUT2D eigenvalue weighted by Gasteiger charge is -2.32. The zero-order chi connectivity index (χ0) is 20.3. The van der Waals surface area contributed by atoms with Crippen molar-refractivity contribution in [1.29, 1.82) is 0 Å². The fourth-order valence-electron chi connectivity index (χ4n) is 3.17. The topological polar surface area (TPSA) is 95.6 Å². The number of benzene rings is 2. The summed E-state index contributed by atoms with van der Waals surface area (Å²) in [6.07, 6.45) is 4.61. The average Bonchev–Trinajstić information content (AvgIpc) is 2.62. The third-order valence-corrected chi connectivity index (χ3v) is 4.94. The number of nitrogens with zero attached hydrogens (tertiary/aromatic N) is 1. The van der Waals surface area contributed by atoms with Crippen LogP contribution in [-0.4, -0.2) is 31.4 Å². The minimum Gasteiger partial charge on any atom is -0.324 e. The minimum atomic E-state index is -3.49. The van der Waals surface area contributed by atoms with Crippen LogP contribution < -0.4 is 10.0 Å². The first-order valence-electron chi connectivity index (χ1n) is 8.67. The van der Waals surface area contributed by atoms with Gasteiger partial charge in [0, 0.05) is 13.1 Å². The van der Waals surface area contributed by atoms with Gasteiger partial charge in [-0.2, -0.15) is 0 Å². The van der Waals surface area contributed by atoms with Crippen molar-refractivity contribution in [3.63, 3.8) is 0 Å². The van der Waals surface area contributed by atoms with Crippen molar-refractivity contribution in [2.45, 2.75) is 19.4 Å². The second-order valence-electron chi connectivity index (χ2n) is 6.56. The van der Waals surface area contributed by atoms with Gasteiger partial charge in [-0.3, -0.25) is 14.3 Å². The Labute approximate surface area is 164 Å². The molecule has 0 aliphatic carbocycles. The van der Waals surface area contributed by atoms with E-state index in [0.717, 1.165) is 17.4 Å². The van der Waals surface area contributed by atoms with Gasteiger partial charge in [-0.1, -0.05) is 36.4 Å². The number of para-hydroxylation sites is 2. The van der Waals surface area contributed by atoms with E-state index in [9.17, 15) is 18.0 Å². The number of rotatable bonds is 5. The third kappa shape index (κ3) is 4.58. The molecule has 2 amide bonds. The zero-order valence-corrected chi connectivity index (χ0v) is 16.4. The molecule has 0 aromatic heterocycles. The Balaban J connectivity index is 1.83. The van der Waals surface area contributed by atoms with E-state index in [-0.39, 0.29) is 23.9 Å². The molecule has 146 valence electrons. The second kappa shape index (κ2) is 7.85.